The number of hydrogen-bond donors (Lipinski definition) is 1. The van der Waals surface area contributed by atoms with Crippen LogP contribution in [-0.4, -0.2) is 29.5 Å². The van der Waals surface area contributed by atoms with Crippen molar-refractivity contribution in [2.75, 3.05) is 16.8 Å². The molecule has 0 bridgehead atoms. The van der Waals surface area contributed by atoms with Crippen molar-refractivity contribution in [3.05, 3.63) is 68.7 Å². The van der Waals surface area contributed by atoms with Gasteiger partial charge in [0.15, 0.2) is 5.11 Å². The molecule has 2 aliphatic rings. The molecule has 0 unspecified atom stereocenters. The number of hydrogen-bond acceptors (Lipinski definition) is 4. The van der Waals surface area contributed by atoms with Crippen LogP contribution in [0.4, 0.5) is 11.4 Å². The van der Waals surface area contributed by atoms with Crippen molar-refractivity contribution < 1.29 is 9.59 Å². The second kappa shape index (κ2) is 8.14. The minimum Gasteiger partial charge on any atom is -0.365 e. The zero-order chi connectivity index (χ0) is 23.4. The van der Waals surface area contributed by atoms with Crippen LogP contribution in [0.2, 0.25) is 5.02 Å². The van der Waals surface area contributed by atoms with E-state index in [-0.39, 0.29) is 16.2 Å². The molecule has 32 heavy (non-hydrogen) atoms. The second-order valence-corrected chi connectivity index (χ2v) is 10.1. The zero-order valence-electron chi connectivity index (χ0n) is 18.0. The van der Waals surface area contributed by atoms with Crippen LogP contribution in [0.5, 0.6) is 0 Å². The Kier molecular flexibility index (Phi) is 5.77. The van der Waals surface area contributed by atoms with Gasteiger partial charge in [0.1, 0.15) is 5.57 Å². The summed E-state index contributed by atoms with van der Waals surface area (Å²) in [5.74, 6) is -1.05. The van der Waals surface area contributed by atoms with Crippen LogP contribution in [-0.2, 0) is 9.59 Å². The Balaban J connectivity index is 1.78. The average molecular weight is 531 g/mol. The number of fused-ring (bicyclic) bond motifs is 1. The Morgan fingerprint density at radius 2 is 1.81 bits per heavy atom. The molecule has 2 aliphatic heterocycles. The number of carbonyl (C=O) groups is 2. The Labute approximate surface area is 205 Å². The average Bonchev–Trinajstić information content (AvgIpc) is 2.71. The number of thiocarbonyl (C=S) groups is 1. The van der Waals surface area contributed by atoms with Gasteiger partial charge < -0.3 is 4.90 Å². The van der Waals surface area contributed by atoms with Gasteiger partial charge in [-0.05, 0) is 86.6 Å². The maximum Gasteiger partial charge on any atom is 0.270 e. The molecule has 8 heteroatoms. The summed E-state index contributed by atoms with van der Waals surface area (Å²) in [6.45, 7) is 6.31. The maximum atomic E-state index is 13.3. The highest BCUT2D eigenvalue weighted by Crippen LogP contribution is 2.41. The van der Waals surface area contributed by atoms with Crippen molar-refractivity contribution in [1.29, 1.82) is 0 Å². The second-order valence-electron chi connectivity index (χ2n) is 8.37. The molecule has 0 aliphatic carbocycles. The van der Waals surface area contributed by atoms with E-state index in [2.05, 4.69) is 46.1 Å². The lowest BCUT2D eigenvalue weighted by atomic mass is 9.88. The zero-order valence-corrected chi connectivity index (χ0v) is 21.2. The van der Waals surface area contributed by atoms with Crippen molar-refractivity contribution >= 4 is 79.7 Å². The third-order valence-corrected chi connectivity index (χ3v) is 6.96. The van der Waals surface area contributed by atoms with E-state index in [9.17, 15) is 9.59 Å². The summed E-state index contributed by atoms with van der Waals surface area (Å²) in [7, 11) is 2.02. The van der Waals surface area contributed by atoms with E-state index >= 15 is 0 Å². The number of nitrogens with zero attached hydrogens (tertiary/aromatic N) is 2. The molecule has 1 saturated heterocycles. The summed E-state index contributed by atoms with van der Waals surface area (Å²) >= 11 is 15.2. The molecule has 2 heterocycles. The van der Waals surface area contributed by atoms with Gasteiger partial charge in [-0.25, -0.2) is 0 Å². The van der Waals surface area contributed by atoms with Crippen LogP contribution in [0.25, 0.3) is 11.6 Å². The third-order valence-electron chi connectivity index (χ3n) is 5.82. The van der Waals surface area contributed by atoms with E-state index in [0.29, 0.717) is 16.3 Å². The van der Waals surface area contributed by atoms with E-state index < -0.39 is 11.8 Å². The van der Waals surface area contributed by atoms with Gasteiger partial charge >= 0.3 is 0 Å². The predicted octanol–water partition coefficient (Wildman–Crippen LogP) is 5.57. The molecule has 0 saturated carbocycles. The van der Waals surface area contributed by atoms with Crippen molar-refractivity contribution in [2.24, 2.45) is 0 Å². The summed E-state index contributed by atoms with van der Waals surface area (Å²) < 4.78 is 0.869. The first kappa shape index (κ1) is 22.7. The molecule has 1 N–H and O–H groups in total. The lowest BCUT2D eigenvalue weighted by Gasteiger charge is -2.40. The van der Waals surface area contributed by atoms with Gasteiger partial charge in [-0.15, -0.1) is 0 Å². The lowest BCUT2D eigenvalue weighted by molar-refractivity contribution is -0.122. The normalized spacial score (nSPS) is 19.1. The van der Waals surface area contributed by atoms with Crippen LogP contribution in [0, 0.1) is 0 Å². The fraction of sp³-hybridized carbons (Fsp3) is 0.208. The van der Waals surface area contributed by atoms with Crippen LogP contribution >= 0.6 is 39.7 Å². The maximum absolute atomic E-state index is 13.3. The van der Waals surface area contributed by atoms with Crippen LogP contribution in [0.3, 0.4) is 0 Å². The van der Waals surface area contributed by atoms with Crippen LogP contribution in [0.1, 0.15) is 31.9 Å². The Morgan fingerprint density at radius 1 is 1.16 bits per heavy atom. The van der Waals surface area contributed by atoms with Gasteiger partial charge in [-0.3, -0.25) is 19.8 Å². The summed E-state index contributed by atoms with van der Waals surface area (Å²) in [4.78, 5) is 29.4. The number of allylic oxidation sites excluding steroid dienone is 1. The predicted molar refractivity (Wildman–Crippen MR) is 138 cm³/mol. The van der Waals surface area contributed by atoms with Crippen LogP contribution < -0.4 is 15.1 Å². The van der Waals surface area contributed by atoms with E-state index in [1.54, 1.807) is 24.3 Å². The Morgan fingerprint density at radius 3 is 2.47 bits per heavy atom. The third kappa shape index (κ3) is 3.89. The number of carbonyl (C=O) groups excluding carboxylic acids is 2. The molecule has 0 atom stereocenters. The van der Waals surface area contributed by atoms with Crippen molar-refractivity contribution in [3.8, 4) is 0 Å². The molecule has 164 valence electrons. The highest BCUT2D eigenvalue weighted by Gasteiger charge is 2.35. The highest BCUT2D eigenvalue weighted by atomic mass is 79.9. The smallest absolute Gasteiger partial charge is 0.270 e. The molecular formula is C24H21BrClN3O2S. The number of amides is 2. The first-order chi connectivity index (χ1) is 15.0. The largest absolute Gasteiger partial charge is 0.365 e. The van der Waals surface area contributed by atoms with Crippen molar-refractivity contribution in [2.45, 2.75) is 26.3 Å². The highest BCUT2D eigenvalue weighted by molar-refractivity contribution is 9.10. The quantitative estimate of drug-likeness (QED) is 0.314. The van der Waals surface area contributed by atoms with Crippen LogP contribution in [0.15, 0.2) is 52.5 Å². The molecule has 0 radical (unpaired) electrons. The monoisotopic (exact) mass is 529 g/mol. The molecular weight excluding hydrogens is 510 g/mol. The van der Waals surface area contributed by atoms with E-state index in [4.69, 9.17) is 23.8 Å². The van der Waals surface area contributed by atoms with Gasteiger partial charge in [-0.1, -0.05) is 33.6 Å². The number of benzene rings is 2. The summed E-state index contributed by atoms with van der Waals surface area (Å²) in [6.07, 6.45) is 3.72. The molecule has 0 aromatic heterocycles. The van der Waals surface area contributed by atoms with Gasteiger partial charge in [0, 0.05) is 27.8 Å². The minimum atomic E-state index is -0.548. The molecule has 2 amide bonds. The summed E-state index contributed by atoms with van der Waals surface area (Å²) in [5.41, 5.74) is 4.08. The first-order valence-corrected chi connectivity index (χ1v) is 11.5. The SMILES string of the molecule is CC1=CC(C)(C)N(C)c2cc(Cl)c(/C=C3\C(=O)NC(=S)N(c4ccc(Br)cc4)C3=O)cc21. The molecule has 0 spiro atoms. The van der Waals surface area contributed by atoms with E-state index in [1.165, 1.54) is 11.0 Å². The number of anilines is 2. The van der Waals surface area contributed by atoms with E-state index in [0.717, 1.165) is 21.3 Å². The summed E-state index contributed by atoms with van der Waals surface area (Å²) in [6, 6.07) is 10.9. The van der Waals surface area contributed by atoms with Gasteiger partial charge in [0.05, 0.1) is 11.2 Å². The fourth-order valence-electron chi connectivity index (χ4n) is 3.94. The number of nitrogens with one attached hydrogen (secondary N) is 1. The number of rotatable bonds is 2. The topological polar surface area (TPSA) is 52.7 Å². The molecule has 5 nitrogen and oxygen atoms in total. The number of halogens is 2. The standard InChI is InChI=1S/C24H21BrClN3O2S/c1-13-12-24(2,3)28(4)20-11-19(26)14(9-17(13)20)10-18-21(30)27-23(32)29(22(18)31)16-7-5-15(25)6-8-16/h5-12H,1-4H3,(H,27,30,32)/b18-10+. The lowest BCUT2D eigenvalue weighted by Crippen LogP contribution is -2.54. The Hall–Kier alpha value is -2.48. The van der Waals surface area contributed by atoms with Crippen molar-refractivity contribution in [1.82, 2.24) is 5.32 Å². The van der Waals surface area contributed by atoms with Gasteiger partial charge in [0.2, 0.25) is 0 Å². The molecule has 2 aromatic carbocycles. The fourth-order valence-corrected chi connectivity index (χ4v) is 4.69. The number of likely N-dealkylation sites (N-methyl/N-ethyl adjacent to an activating group) is 1. The van der Waals surface area contributed by atoms with E-state index in [1.807, 2.05) is 26.1 Å². The molecule has 1 fully saturated rings. The minimum absolute atomic E-state index is 0.0329. The molecule has 4 rings (SSSR count). The van der Waals surface area contributed by atoms with Crippen molar-refractivity contribution in [3.63, 3.8) is 0 Å². The molecule has 2 aromatic rings. The summed E-state index contributed by atoms with van der Waals surface area (Å²) in [5, 5.41) is 3.10. The van der Waals surface area contributed by atoms with Gasteiger partial charge in [-0.2, -0.15) is 0 Å². The first-order valence-electron chi connectivity index (χ1n) is 9.94. The van der Waals surface area contributed by atoms with Gasteiger partial charge in [0.25, 0.3) is 11.8 Å². The Bertz CT molecular complexity index is 1230.